The summed E-state index contributed by atoms with van der Waals surface area (Å²) in [6.45, 7) is 0. The summed E-state index contributed by atoms with van der Waals surface area (Å²) >= 11 is 1.91. The highest BCUT2D eigenvalue weighted by molar-refractivity contribution is 7.26. The first-order chi connectivity index (χ1) is 27.3. The van der Waals surface area contributed by atoms with Crippen molar-refractivity contribution in [3.05, 3.63) is 235 Å². The minimum absolute atomic E-state index is 0.550. The van der Waals surface area contributed by atoms with Crippen LogP contribution in [0.15, 0.2) is 212 Å². The van der Waals surface area contributed by atoms with Crippen LogP contribution in [0.4, 0.5) is 17.1 Å². The third kappa shape index (κ3) is 4.85. The predicted octanol–water partition coefficient (Wildman–Crippen LogP) is 14.7. The molecule has 0 aliphatic heterocycles. The van der Waals surface area contributed by atoms with Crippen LogP contribution in [0.2, 0.25) is 0 Å². The number of anilines is 3. The lowest BCUT2D eigenvalue weighted by Crippen LogP contribution is -2.29. The minimum atomic E-state index is -0.550. The van der Waals surface area contributed by atoms with Gasteiger partial charge in [-0.05, 0) is 86.3 Å². The van der Waals surface area contributed by atoms with E-state index in [4.69, 9.17) is 0 Å². The molecule has 55 heavy (non-hydrogen) atoms. The number of nitrogens with zero attached hydrogens (tertiary/aromatic N) is 1. The van der Waals surface area contributed by atoms with Crippen molar-refractivity contribution in [3.63, 3.8) is 0 Å². The SMILES string of the molecule is c1ccc(-c2ccc(N(c3ccc4c(c3)C(c3ccccc3)(c3cccc5c3sc3ccccc35)c3ccccc3-4)c3cccc4ccccc34)cc2)cc1. The normalized spacial score (nSPS) is 14.6. The number of thiophene rings is 1. The lowest BCUT2D eigenvalue weighted by molar-refractivity contribution is 0.777. The van der Waals surface area contributed by atoms with Crippen molar-refractivity contribution in [1.82, 2.24) is 0 Å². The fourth-order valence-corrected chi connectivity index (χ4v) is 10.4. The van der Waals surface area contributed by atoms with Gasteiger partial charge in [0.15, 0.2) is 0 Å². The van der Waals surface area contributed by atoms with Crippen molar-refractivity contribution in [3.8, 4) is 22.3 Å². The molecule has 0 amide bonds. The van der Waals surface area contributed by atoms with Crippen molar-refractivity contribution in [2.24, 2.45) is 0 Å². The Kier molecular flexibility index (Phi) is 7.33. The molecule has 9 aromatic carbocycles. The quantitative estimate of drug-likeness (QED) is 0.166. The van der Waals surface area contributed by atoms with Crippen LogP contribution < -0.4 is 4.90 Å². The first-order valence-electron chi connectivity index (χ1n) is 18.9. The topological polar surface area (TPSA) is 3.24 Å². The highest BCUT2D eigenvalue weighted by atomic mass is 32.1. The van der Waals surface area contributed by atoms with E-state index in [9.17, 15) is 0 Å². The summed E-state index contributed by atoms with van der Waals surface area (Å²) in [5, 5.41) is 5.06. The van der Waals surface area contributed by atoms with Gasteiger partial charge in [0, 0.05) is 36.9 Å². The smallest absolute Gasteiger partial charge is 0.0728 e. The van der Waals surface area contributed by atoms with E-state index in [0.717, 1.165) is 17.1 Å². The van der Waals surface area contributed by atoms with Crippen LogP contribution >= 0.6 is 11.3 Å². The van der Waals surface area contributed by atoms with Crippen LogP contribution in [0.5, 0.6) is 0 Å². The van der Waals surface area contributed by atoms with Crippen molar-refractivity contribution in [2.45, 2.75) is 5.41 Å². The van der Waals surface area contributed by atoms with Crippen LogP contribution in [0.3, 0.4) is 0 Å². The molecule has 0 saturated carbocycles. The Morgan fingerprint density at radius 2 is 0.982 bits per heavy atom. The summed E-state index contributed by atoms with van der Waals surface area (Å²) < 4.78 is 2.65. The third-order valence-corrected chi connectivity index (χ3v) is 12.8. The molecule has 0 saturated heterocycles. The van der Waals surface area contributed by atoms with Crippen molar-refractivity contribution in [2.75, 3.05) is 4.90 Å². The summed E-state index contributed by atoms with van der Waals surface area (Å²) in [4.78, 5) is 2.45. The maximum atomic E-state index is 2.49. The van der Waals surface area contributed by atoms with E-state index in [2.05, 4.69) is 217 Å². The largest absolute Gasteiger partial charge is 0.310 e. The van der Waals surface area contributed by atoms with E-state index in [1.54, 1.807) is 0 Å². The zero-order valence-corrected chi connectivity index (χ0v) is 30.9. The van der Waals surface area contributed by atoms with Gasteiger partial charge in [0.1, 0.15) is 0 Å². The molecule has 0 radical (unpaired) electrons. The van der Waals surface area contributed by atoms with Crippen LogP contribution in [0, 0.1) is 0 Å². The first-order valence-corrected chi connectivity index (χ1v) is 19.7. The van der Waals surface area contributed by atoms with Crippen molar-refractivity contribution in [1.29, 1.82) is 0 Å². The van der Waals surface area contributed by atoms with Gasteiger partial charge < -0.3 is 4.90 Å². The van der Waals surface area contributed by atoms with E-state index < -0.39 is 5.41 Å². The van der Waals surface area contributed by atoms with Crippen LogP contribution in [0.25, 0.3) is 53.2 Å². The first kappa shape index (κ1) is 31.8. The molecule has 0 spiro atoms. The van der Waals surface area contributed by atoms with Crippen LogP contribution in [-0.2, 0) is 5.41 Å². The molecule has 1 unspecified atom stereocenters. The van der Waals surface area contributed by atoms with E-state index in [1.807, 2.05) is 11.3 Å². The van der Waals surface area contributed by atoms with Gasteiger partial charge in [-0.15, -0.1) is 11.3 Å². The molecule has 1 aromatic heterocycles. The number of hydrogen-bond donors (Lipinski definition) is 0. The zero-order valence-electron chi connectivity index (χ0n) is 30.1. The molecule has 1 aliphatic carbocycles. The Morgan fingerprint density at radius 3 is 1.84 bits per heavy atom. The van der Waals surface area contributed by atoms with Gasteiger partial charge in [-0.3, -0.25) is 0 Å². The van der Waals surface area contributed by atoms with Crippen LogP contribution in [-0.4, -0.2) is 0 Å². The maximum absolute atomic E-state index is 2.49. The van der Waals surface area contributed by atoms with Gasteiger partial charge in [-0.1, -0.05) is 176 Å². The second-order valence-corrected chi connectivity index (χ2v) is 15.5. The Hall–Kier alpha value is -6.74. The molecule has 0 bridgehead atoms. The van der Waals surface area contributed by atoms with E-state index in [-0.39, 0.29) is 0 Å². The Morgan fingerprint density at radius 1 is 0.382 bits per heavy atom. The summed E-state index contributed by atoms with van der Waals surface area (Å²) in [5.74, 6) is 0. The molecular formula is C53H35NS. The molecule has 10 aromatic rings. The molecule has 1 aliphatic rings. The molecular weight excluding hydrogens is 683 g/mol. The standard InChI is InChI=1S/C53H35NS/c1-3-15-36(16-4-1)37-29-31-40(32-30-37)54(50-27-13-18-38-17-7-8-21-42(38)50)41-33-34-44-43-22-9-11-25-47(43)53(49(44)35-41,39-19-5-2-6-20-39)48-26-14-24-46-45-23-10-12-28-51(45)55-52(46)48/h1-35H. The number of hydrogen-bond acceptors (Lipinski definition) is 2. The lowest BCUT2D eigenvalue weighted by Gasteiger charge is -2.35. The van der Waals surface area contributed by atoms with Gasteiger partial charge in [-0.2, -0.15) is 0 Å². The second kappa shape index (κ2) is 12.7. The molecule has 2 heteroatoms. The fourth-order valence-electron chi connectivity index (χ4n) is 9.16. The summed E-state index contributed by atoms with van der Waals surface area (Å²) in [6.07, 6.45) is 0. The third-order valence-electron chi connectivity index (χ3n) is 11.5. The molecule has 258 valence electrons. The fraction of sp³-hybridized carbons (Fsp3) is 0.0189. The van der Waals surface area contributed by atoms with Crippen LogP contribution in [0.1, 0.15) is 22.3 Å². The van der Waals surface area contributed by atoms with E-state index in [0.29, 0.717) is 0 Å². The second-order valence-electron chi connectivity index (χ2n) is 14.4. The summed E-state index contributed by atoms with van der Waals surface area (Å²) in [7, 11) is 0. The average Bonchev–Trinajstić information content (AvgIpc) is 3.79. The molecule has 1 heterocycles. The number of fused-ring (bicyclic) bond motifs is 7. The van der Waals surface area contributed by atoms with E-state index >= 15 is 0 Å². The summed E-state index contributed by atoms with van der Waals surface area (Å²) in [6, 6.07) is 78.3. The molecule has 1 nitrogen and oxygen atoms in total. The molecule has 0 fully saturated rings. The average molecular weight is 718 g/mol. The molecule has 0 N–H and O–H groups in total. The van der Waals surface area contributed by atoms with Gasteiger partial charge in [0.2, 0.25) is 0 Å². The van der Waals surface area contributed by atoms with E-state index in [1.165, 1.54) is 75.5 Å². The Balaban J connectivity index is 1.21. The molecule has 1 atom stereocenters. The molecule has 11 rings (SSSR count). The summed E-state index contributed by atoms with van der Waals surface area (Å²) in [5.41, 5.74) is 13.0. The predicted molar refractivity (Wildman–Crippen MR) is 234 cm³/mol. The highest BCUT2D eigenvalue weighted by Crippen LogP contribution is 2.59. The van der Waals surface area contributed by atoms with Gasteiger partial charge in [0.25, 0.3) is 0 Å². The van der Waals surface area contributed by atoms with Crippen molar-refractivity contribution >= 4 is 59.3 Å². The van der Waals surface area contributed by atoms with Gasteiger partial charge >= 0.3 is 0 Å². The Bertz CT molecular complexity index is 3030. The minimum Gasteiger partial charge on any atom is -0.310 e. The van der Waals surface area contributed by atoms with Gasteiger partial charge in [-0.25, -0.2) is 0 Å². The zero-order chi connectivity index (χ0) is 36.3. The number of rotatable bonds is 6. The highest BCUT2D eigenvalue weighted by Gasteiger charge is 2.47. The monoisotopic (exact) mass is 717 g/mol. The lowest BCUT2D eigenvalue weighted by atomic mass is 9.67. The Labute approximate surface area is 325 Å². The van der Waals surface area contributed by atoms with Crippen molar-refractivity contribution < 1.29 is 0 Å². The maximum Gasteiger partial charge on any atom is 0.0728 e. The van der Waals surface area contributed by atoms with Gasteiger partial charge in [0.05, 0.1) is 11.1 Å². The number of benzene rings is 9.